The van der Waals surface area contributed by atoms with Crippen LogP contribution in [-0.2, 0) is 14.8 Å². The summed E-state index contributed by atoms with van der Waals surface area (Å²) >= 11 is 0. The Hall–Kier alpha value is -1.32. The van der Waals surface area contributed by atoms with Gasteiger partial charge in [0.05, 0.1) is 10.5 Å². The van der Waals surface area contributed by atoms with Crippen LogP contribution in [0.4, 0.5) is 13.2 Å². The molecule has 28 heavy (non-hydrogen) atoms. The van der Waals surface area contributed by atoms with Gasteiger partial charge in [-0.25, -0.2) is 13.1 Å². The van der Waals surface area contributed by atoms with E-state index in [1.165, 1.54) is 6.42 Å². The summed E-state index contributed by atoms with van der Waals surface area (Å²) < 4.78 is 74.5. The molecule has 4 aliphatic carbocycles. The molecule has 1 aromatic carbocycles. The van der Waals surface area contributed by atoms with Crippen molar-refractivity contribution in [3.8, 4) is 5.75 Å². The van der Waals surface area contributed by atoms with Gasteiger partial charge >= 0.3 is 6.36 Å². The van der Waals surface area contributed by atoms with Crippen molar-refractivity contribution in [2.45, 2.75) is 49.0 Å². The van der Waals surface area contributed by atoms with E-state index in [0.717, 1.165) is 61.8 Å². The molecule has 0 heterocycles. The van der Waals surface area contributed by atoms with E-state index in [0.29, 0.717) is 11.8 Å². The highest BCUT2D eigenvalue weighted by atomic mass is 32.2. The van der Waals surface area contributed by atoms with E-state index in [4.69, 9.17) is 4.74 Å². The number of halogens is 3. The lowest BCUT2D eigenvalue weighted by atomic mass is 9.50. The fourth-order valence-electron chi connectivity index (χ4n) is 5.79. The summed E-state index contributed by atoms with van der Waals surface area (Å²) in [5.41, 5.74) is -0.500. The molecule has 156 valence electrons. The number of hydrogen-bond donors (Lipinski definition) is 1. The van der Waals surface area contributed by atoms with Crippen LogP contribution in [0, 0.1) is 23.7 Å². The maximum Gasteiger partial charge on any atom is 0.573 e. The average molecular weight is 419 g/mol. The molecule has 0 saturated heterocycles. The van der Waals surface area contributed by atoms with Gasteiger partial charge in [-0.2, -0.15) is 0 Å². The minimum atomic E-state index is -4.82. The van der Waals surface area contributed by atoms with Gasteiger partial charge in [-0.15, -0.1) is 13.2 Å². The van der Waals surface area contributed by atoms with Gasteiger partial charge in [-0.3, -0.25) is 0 Å². The zero-order valence-corrected chi connectivity index (χ0v) is 16.4. The van der Waals surface area contributed by atoms with Crippen LogP contribution in [0.3, 0.4) is 0 Å². The highest BCUT2D eigenvalue weighted by molar-refractivity contribution is 7.89. The summed E-state index contributed by atoms with van der Waals surface area (Å²) in [5, 5.41) is 0. The zero-order valence-electron chi connectivity index (χ0n) is 15.5. The standard InChI is InChI=1S/C19H24F3NO4S/c1-26-18(14-7-12-6-13(9-14)10-15(18)8-12)11-23-28(24,25)17-4-2-16(3-5-17)27-19(20,21)22/h2-5,12-15,23H,6-11H2,1H3. The molecule has 4 aliphatic rings. The predicted octanol–water partition coefficient (Wildman–Crippen LogP) is 3.70. The average Bonchev–Trinajstić information content (AvgIpc) is 2.60. The lowest BCUT2D eigenvalue weighted by molar-refractivity contribution is -0.274. The first-order valence-corrected chi connectivity index (χ1v) is 11.0. The van der Waals surface area contributed by atoms with E-state index in [9.17, 15) is 21.6 Å². The Labute approximate surface area is 162 Å². The molecule has 0 amide bonds. The van der Waals surface area contributed by atoms with Crippen molar-refractivity contribution in [3.05, 3.63) is 24.3 Å². The summed E-state index contributed by atoms with van der Waals surface area (Å²) in [5.74, 6) is 1.69. The first kappa shape index (κ1) is 20.0. The Morgan fingerprint density at radius 3 is 2.04 bits per heavy atom. The molecule has 1 N–H and O–H groups in total. The van der Waals surface area contributed by atoms with Crippen molar-refractivity contribution in [1.29, 1.82) is 0 Å². The molecule has 0 aliphatic heterocycles. The van der Waals surface area contributed by atoms with Crippen molar-refractivity contribution >= 4 is 10.0 Å². The number of nitrogens with one attached hydrogen (secondary N) is 1. The van der Waals surface area contributed by atoms with Crippen molar-refractivity contribution < 1.29 is 31.1 Å². The first-order chi connectivity index (χ1) is 13.1. The maximum absolute atomic E-state index is 12.7. The SMILES string of the molecule is COC1(CNS(=O)(=O)c2ccc(OC(F)(F)F)cc2)C2CC3CC(C2)CC1C3. The van der Waals surface area contributed by atoms with E-state index < -0.39 is 27.7 Å². The van der Waals surface area contributed by atoms with Crippen LogP contribution in [0.25, 0.3) is 0 Å². The van der Waals surface area contributed by atoms with Crippen molar-refractivity contribution in [1.82, 2.24) is 4.72 Å². The smallest absolute Gasteiger partial charge is 0.406 e. The van der Waals surface area contributed by atoms with Crippen molar-refractivity contribution in [2.24, 2.45) is 23.7 Å². The first-order valence-electron chi connectivity index (χ1n) is 9.52. The summed E-state index contributed by atoms with van der Waals surface area (Å²) in [7, 11) is -2.22. The molecular weight excluding hydrogens is 395 g/mol. The Morgan fingerprint density at radius 2 is 1.57 bits per heavy atom. The minimum absolute atomic E-state index is 0.0999. The van der Waals surface area contributed by atoms with Crippen LogP contribution >= 0.6 is 0 Å². The molecule has 4 bridgehead atoms. The molecule has 0 spiro atoms. The van der Waals surface area contributed by atoms with E-state index in [1.807, 2.05) is 0 Å². The van der Waals surface area contributed by atoms with E-state index in [2.05, 4.69) is 9.46 Å². The van der Waals surface area contributed by atoms with E-state index in [-0.39, 0.29) is 11.4 Å². The molecular formula is C19H24F3NO4S. The molecule has 0 unspecified atom stereocenters. The summed E-state index contributed by atoms with van der Waals surface area (Å²) in [4.78, 5) is -0.0999. The Bertz CT molecular complexity index is 795. The molecule has 0 atom stereocenters. The van der Waals surface area contributed by atoms with Crippen LogP contribution in [0.2, 0.25) is 0 Å². The van der Waals surface area contributed by atoms with Gasteiger partial charge in [0.25, 0.3) is 0 Å². The molecule has 5 rings (SSSR count). The number of alkyl halides is 3. The van der Waals surface area contributed by atoms with Gasteiger partial charge < -0.3 is 9.47 Å². The normalized spacial score (nSPS) is 34.6. The Balaban J connectivity index is 1.47. The third-order valence-electron chi connectivity index (χ3n) is 6.81. The molecule has 0 radical (unpaired) electrons. The maximum atomic E-state index is 12.7. The van der Waals surface area contributed by atoms with Crippen LogP contribution in [-0.4, -0.2) is 34.0 Å². The molecule has 4 fully saturated rings. The molecule has 1 aromatic rings. The van der Waals surface area contributed by atoms with Crippen LogP contribution in [0.15, 0.2) is 29.2 Å². The molecule has 0 aromatic heterocycles. The molecule has 5 nitrogen and oxygen atoms in total. The van der Waals surface area contributed by atoms with Crippen LogP contribution < -0.4 is 9.46 Å². The fourth-order valence-corrected chi connectivity index (χ4v) is 6.86. The van der Waals surface area contributed by atoms with Gasteiger partial charge in [0.1, 0.15) is 5.75 Å². The van der Waals surface area contributed by atoms with Crippen molar-refractivity contribution in [3.63, 3.8) is 0 Å². The highest BCUT2D eigenvalue weighted by Gasteiger charge is 2.57. The van der Waals surface area contributed by atoms with Gasteiger partial charge in [0.15, 0.2) is 0 Å². The Kier molecular flexibility index (Phi) is 4.91. The fraction of sp³-hybridized carbons (Fsp3) is 0.684. The number of rotatable bonds is 6. The zero-order chi connectivity index (χ0) is 20.2. The largest absolute Gasteiger partial charge is 0.573 e. The van der Waals surface area contributed by atoms with E-state index in [1.54, 1.807) is 7.11 Å². The van der Waals surface area contributed by atoms with Crippen LogP contribution in [0.1, 0.15) is 32.1 Å². The molecule has 4 saturated carbocycles. The second-order valence-electron chi connectivity index (χ2n) is 8.31. The lowest BCUT2D eigenvalue weighted by Crippen LogP contribution is -2.63. The number of sulfonamides is 1. The summed E-state index contributed by atoms with van der Waals surface area (Å²) in [6.07, 6.45) is 0.768. The van der Waals surface area contributed by atoms with Gasteiger partial charge in [0.2, 0.25) is 10.0 Å². The second kappa shape index (κ2) is 6.88. The number of methoxy groups -OCH3 is 1. The molecule has 9 heteroatoms. The van der Waals surface area contributed by atoms with Crippen molar-refractivity contribution in [2.75, 3.05) is 13.7 Å². The second-order valence-corrected chi connectivity index (χ2v) is 10.1. The highest BCUT2D eigenvalue weighted by Crippen LogP contribution is 2.59. The minimum Gasteiger partial charge on any atom is -0.406 e. The van der Waals surface area contributed by atoms with Gasteiger partial charge in [-0.05, 0) is 80.0 Å². The topological polar surface area (TPSA) is 64.6 Å². The number of hydrogen-bond acceptors (Lipinski definition) is 4. The van der Waals surface area contributed by atoms with Crippen LogP contribution in [0.5, 0.6) is 5.75 Å². The summed E-state index contributed by atoms with van der Waals surface area (Å²) in [6, 6.07) is 4.22. The summed E-state index contributed by atoms with van der Waals surface area (Å²) in [6.45, 7) is 0.182. The third-order valence-corrected chi connectivity index (χ3v) is 8.22. The number of ether oxygens (including phenoxy) is 2. The number of benzene rings is 1. The van der Waals surface area contributed by atoms with Gasteiger partial charge in [0, 0.05) is 13.7 Å². The van der Waals surface area contributed by atoms with Gasteiger partial charge in [-0.1, -0.05) is 0 Å². The Morgan fingerprint density at radius 1 is 1.04 bits per heavy atom. The monoisotopic (exact) mass is 419 g/mol. The van der Waals surface area contributed by atoms with E-state index >= 15 is 0 Å². The quantitative estimate of drug-likeness (QED) is 0.764. The third kappa shape index (κ3) is 3.64. The lowest BCUT2D eigenvalue weighted by Gasteiger charge is -2.60. The predicted molar refractivity (Wildman–Crippen MR) is 95.1 cm³/mol.